The van der Waals surface area contributed by atoms with E-state index in [2.05, 4.69) is 0 Å². The lowest BCUT2D eigenvalue weighted by atomic mass is 10.2. The summed E-state index contributed by atoms with van der Waals surface area (Å²) in [7, 11) is -4.47. The average Bonchev–Trinajstić information content (AvgIpc) is 2.56. The zero-order valence-corrected chi connectivity index (χ0v) is 14.4. The van der Waals surface area contributed by atoms with Gasteiger partial charge in [0.05, 0.1) is 0 Å². The standard InChI is InChI=1S/C15H13ClF2N2O4S/c1-9-6-11(3-4-12(9)16)24-8-15(21)19-20-25(22,23)14-7-10(17)2-5-13(14)18/h2-7,20H,8H2,1H3,(H,19,21). The first-order valence-electron chi connectivity index (χ1n) is 6.84. The number of carbonyl (C=O) groups excluding carboxylic acids is 1. The van der Waals surface area contributed by atoms with E-state index in [0.717, 1.165) is 11.6 Å². The van der Waals surface area contributed by atoms with Gasteiger partial charge in [0, 0.05) is 5.02 Å². The lowest BCUT2D eigenvalue weighted by Crippen LogP contribution is -2.44. The molecule has 0 heterocycles. The highest BCUT2D eigenvalue weighted by atomic mass is 35.5. The van der Waals surface area contributed by atoms with Gasteiger partial charge in [-0.3, -0.25) is 10.2 Å². The first kappa shape index (κ1) is 19.1. The molecule has 2 aromatic rings. The summed E-state index contributed by atoms with van der Waals surface area (Å²) in [6, 6.07) is 6.65. The van der Waals surface area contributed by atoms with E-state index in [1.54, 1.807) is 23.9 Å². The van der Waals surface area contributed by atoms with Gasteiger partial charge >= 0.3 is 0 Å². The lowest BCUT2D eigenvalue weighted by Gasteiger charge is -2.10. The monoisotopic (exact) mass is 390 g/mol. The molecular formula is C15H13ClF2N2O4S. The van der Waals surface area contributed by atoms with Crippen molar-refractivity contribution >= 4 is 27.5 Å². The summed E-state index contributed by atoms with van der Waals surface area (Å²) in [5.41, 5.74) is 2.59. The topological polar surface area (TPSA) is 84.5 Å². The maximum absolute atomic E-state index is 13.5. The van der Waals surface area contributed by atoms with Crippen LogP contribution in [0.2, 0.25) is 5.02 Å². The van der Waals surface area contributed by atoms with Gasteiger partial charge in [-0.1, -0.05) is 11.6 Å². The van der Waals surface area contributed by atoms with Gasteiger partial charge < -0.3 is 4.74 Å². The second kappa shape index (κ2) is 7.77. The van der Waals surface area contributed by atoms with Crippen LogP contribution < -0.4 is 15.0 Å². The SMILES string of the molecule is Cc1cc(OCC(=O)NNS(=O)(=O)c2cc(F)ccc2F)ccc1Cl. The number of nitrogens with one attached hydrogen (secondary N) is 2. The minimum Gasteiger partial charge on any atom is -0.484 e. The third-order valence-corrected chi connectivity index (χ3v) is 4.69. The van der Waals surface area contributed by atoms with Gasteiger partial charge in [-0.15, -0.1) is 4.83 Å². The van der Waals surface area contributed by atoms with Gasteiger partial charge in [0.2, 0.25) is 0 Å². The van der Waals surface area contributed by atoms with Crippen molar-refractivity contribution < 1.29 is 26.7 Å². The van der Waals surface area contributed by atoms with E-state index < -0.39 is 39.1 Å². The third kappa shape index (κ3) is 5.12. The second-order valence-corrected chi connectivity index (χ2v) is 6.99. The summed E-state index contributed by atoms with van der Waals surface area (Å²) in [4.78, 5) is 12.4. The van der Waals surface area contributed by atoms with Crippen LogP contribution in [0.15, 0.2) is 41.3 Å². The number of carbonyl (C=O) groups is 1. The number of halogens is 3. The molecule has 2 N–H and O–H groups in total. The Balaban J connectivity index is 1.94. The summed E-state index contributed by atoms with van der Waals surface area (Å²) in [5.74, 6) is -2.57. The van der Waals surface area contributed by atoms with E-state index in [-0.39, 0.29) is 0 Å². The Morgan fingerprint density at radius 2 is 1.92 bits per heavy atom. The van der Waals surface area contributed by atoms with Gasteiger partial charge in [-0.05, 0) is 48.9 Å². The molecule has 134 valence electrons. The first-order valence-corrected chi connectivity index (χ1v) is 8.70. The number of sulfonamides is 1. The molecule has 0 unspecified atom stereocenters. The number of amides is 1. The van der Waals surface area contributed by atoms with E-state index in [0.29, 0.717) is 22.9 Å². The van der Waals surface area contributed by atoms with Crippen molar-refractivity contribution in [2.75, 3.05) is 6.61 Å². The van der Waals surface area contributed by atoms with Crippen molar-refractivity contribution in [1.29, 1.82) is 0 Å². The maximum atomic E-state index is 13.5. The number of benzene rings is 2. The van der Waals surface area contributed by atoms with Crippen LogP contribution in [-0.4, -0.2) is 20.9 Å². The molecule has 2 rings (SSSR count). The molecule has 0 saturated carbocycles. The number of hydrazine groups is 1. The summed E-state index contributed by atoms with van der Waals surface area (Å²) in [6.07, 6.45) is 0. The van der Waals surface area contributed by atoms with Crippen LogP contribution in [0.25, 0.3) is 0 Å². The molecule has 0 fully saturated rings. The molecule has 0 spiro atoms. The molecule has 0 aromatic heterocycles. The molecule has 0 bridgehead atoms. The fourth-order valence-electron chi connectivity index (χ4n) is 1.75. The van der Waals surface area contributed by atoms with Crippen molar-refractivity contribution in [3.63, 3.8) is 0 Å². The Hall–Kier alpha value is -2.23. The number of hydrogen-bond donors (Lipinski definition) is 2. The molecule has 1 amide bonds. The van der Waals surface area contributed by atoms with Crippen LogP contribution in [0.5, 0.6) is 5.75 Å². The van der Waals surface area contributed by atoms with Crippen LogP contribution in [0.4, 0.5) is 8.78 Å². The highest BCUT2D eigenvalue weighted by Crippen LogP contribution is 2.21. The predicted octanol–water partition coefficient (Wildman–Crippen LogP) is 2.32. The highest BCUT2D eigenvalue weighted by Gasteiger charge is 2.20. The zero-order chi connectivity index (χ0) is 18.6. The number of hydrogen-bond acceptors (Lipinski definition) is 4. The second-order valence-electron chi connectivity index (χ2n) is 4.93. The Kier molecular flexibility index (Phi) is 5.93. The largest absolute Gasteiger partial charge is 0.484 e. The van der Waals surface area contributed by atoms with Crippen molar-refractivity contribution in [1.82, 2.24) is 10.3 Å². The fourth-order valence-corrected chi connectivity index (χ4v) is 2.82. The summed E-state index contributed by atoms with van der Waals surface area (Å²) < 4.78 is 55.5. The van der Waals surface area contributed by atoms with Crippen LogP contribution in [0.1, 0.15) is 5.56 Å². The predicted molar refractivity (Wildman–Crippen MR) is 86.5 cm³/mol. The van der Waals surface area contributed by atoms with Crippen molar-refractivity contribution in [3.05, 3.63) is 58.6 Å². The van der Waals surface area contributed by atoms with Gasteiger partial charge in [0.1, 0.15) is 22.3 Å². The van der Waals surface area contributed by atoms with Gasteiger partial charge in [0.25, 0.3) is 15.9 Å². The minimum absolute atomic E-state index is 0.357. The van der Waals surface area contributed by atoms with Crippen LogP contribution >= 0.6 is 11.6 Å². The van der Waals surface area contributed by atoms with E-state index in [9.17, 15) is 22.0 Å². The molecule has 0 atom stereocenters. The maximum Gasteiger partial charge on any atom is 0.272 e. The molecule has 6 nitrogen and oxygen atoms in total. The van der Waals surface area contributed by atoms with E-state index in [1.807, 2.05) is 5.43 Å². The number of aryl methyl sites for hydroxylation is 1. The number of ether oxygens (including phenoxy) is 1. The van der Waals surface area contributed by atoms with Crippen LogP contribution in [0.3, 0.4) is 0 Å². The van der Waals surface area contributed by atoms with E-state index >= 15 is 0 Å². The van der Waals surface area contributed by atoms with Crippen molar-refractivity contribution in [2.45, 2.75) is 11.8 Å². The van der Waals surface area contributed by atoms with Gasteiger partial charge in [-0.25, -0.2) is 17.2 Å². The fraction of sp³-hybridized carbons (Fsp3) is 0.133. The molecule has 25 heavy (non-hydrogen) atoms. The van der Waals surface area contributed by atoms with Gasteiger partial charge in [-0.2, -0.15) is 0 Å². The van der Waals surface area contributed by atoms with Gasteiger partial charge in [0.15, 0.2) is 6.61 Å². The first-order chi connectivity index (χ1) is 11.7. The van der Waals surface area contributed by atoms with Crippen LogP contribution in [0, 0.1) is 18.6 Å². The Bertz CT molecular complexity index is 906. The summed E-state index contributed by atoms with van der Waals surface area (Å²) >= 11 is 5.86. The molecular weight excluding hydrogens is 378 g/mol. The third-order valence-electron chi connectivity index (χ3n) is 3.01. The summed E-state index contributed by atoms with van der Waals surface area (Å²) in [5, 5.41) is 0.529. The average molecular weight is 391 g/mol. The van der Waals surface area contributed by atoms with E-state index in [4.69, 9.17) is 16.3 Å². The smallest absolute Gasteiger partial charge is 0.272 e. The normalized spacial score (nSPS) is 11.2. The molecule has 0 saturated heterocycles. The zero-order valence-electron chi connectivity index (χ0n) is 12.8. The quantitative estimate of drug-likeness (QED) is 0.741. The Morgan fingerprint density at radius 3 is 2.60 bits per heavy atom. The minimum atomic E-state index is -4.47. The van der Waals surface area contributed by atoms with Crippen molar-refractivity contribution in [3.8, 4) is 5.75 Å². The van der Waals surface area contributed by atoms with E-state index in [1.165, 1.54) is 6.07 Å². The summed E-state index contributed by atoms with van der Waals surface area (Å²) in [6.45, 7) is 1.24. The molecule has 0 aliphatic carbocycles. The lowest BCUT2D eigenvalue weighted by molar-refractivity contribution is -0.123. The number of rotatable bonds is 6. The highest BCUT2D eigenvalue weighted by molar-refractivity contribution is 7.89. The molecule has 0 radical (unpaired) electrons. The Morgan fingerprint density at radius 1 is 1.20 bits per heavy atom. The molecule has 0 aliphatic rings. The molecule has 0 aliphatic heterocycles. The molecule has 10 heteroatoms. The van der Waals surface area contributed by atoms with Crippen molar-refractivity contribution in [2.24, 2.45) is 0 Å². The van der Waals surface area contributed by atoms with Crippen LogP contribution in [-0.2, 0) is 14.8 Å². The Labute approximate surface area is 147 Å². The molecule has 2 aromatic carbocycles.